The minimum absolute atomic E-state index is 0.226. The zero-order chi connectivity index (χ0) is 13.3. The van der Waals surface area contributed by atoms with Crippen LogP contribution in [-0.2, 0) is 10.2 Å². The molecule has 0 unspecified atom stereocenters. The van der Waals surface area contributed by atoms with Crippen LogP contribution in [-0.4, -0.2) is 6.29 Å². The number of fused-ring (bicyclic) bond motifs is 3. The second-order valence-corrected chi connectivity index (χ2v) is 5.04. The van der Waals surface area contributed by atoms with Gasteiger partial charge in [-0.05, 0) is 28.7 Å². The minimum Gasteiger partial charge on any atom is -0.303 e. The van der Waals surface area contributed by atoms with E-state index in [0.717, 1.165) is 12.7 Å². The van der Waals surface area contributed by atoms with Gasteiger partial charge in [-0.25, -0.2) is 0 Å². The van der Waals surface area contributed by atoms with Gasteiger partial charge in [-0.1, -0.05) is 54.6 Å². The van der Waals surface area contributed by atoms with Gasteiger partial charge in [0.1, 0.15) is 6.29 Å². The number of allylic oxidation sites excluding steroid dienone is 1. The van der Waals surface area contributed by atoms with Crippen molar-refractivity contribution in [1.29, 1.82) is 0 Å². The Balaban J connectivity index is 2.34. The highest BCUT2D eigenvalue weighted by Crippen LogP contribution is 2.52. The van der Waals surface area contributed by atoms with E-state index in [4.69, 9.17) is 0 Å². The molecule has 2 aromatic carbocycles. The molecule has 0 amide bonds. The summed E-state index contributed by atoms with van der Waals surface area (Å²) in [5.41, 5.74) is 4.78. The third-order valence-corrected chi connectivity index (χ3v) is 4.10. The average Bonchev–Trinajstić information content (AvgIpc) is 2.72. The van der Waals surface area contributed by atoms with E-state index in [1.54, 1.807) is 0 Å². The summed E-state index contributed by atoms with van der Waals surface area (Å²) < 4.78 is 0. The molecule has 0 saturated carbocycles. The van der Waals surface area contributed by atoms with Gasteiger partial charge in [0.2, 0.25) is 0 Å². The highest BCUT2D eigenvalue weighted by molar-refractivity contribution is 5.82. The molecule has 1 aliphatic carbocycles. The molecular formula is C18H16O. The Labute approximate surface area is 113 Å². The molecule has 0 N–H and O–H groups in total. The summed E-state index contributed by atoms with van der Waals surface area (Å²) in [6, 6.07) is 16.8. The summed E-state index contributed by atoms with van der Waals surface area (Å²) >= 11 is 0. The van der Waals surface area contributed by atoms with Gasteiger partial charge >= 0.3 is 0 Å². The van der Waals surface area contributed by atoms with E-state index in [1.165, 1.54) is 22.3 Å². The number of hydrogen-bond acceptors (Lipinski definition) is 1. The maximum atomic E-state index is 11.2. The molecule has 0 fully saturated rings. The second kappa shape index (κ2) is 4.51. The molecule has 0 aromatic heterocycles. The van der Waals surface area contributed by atoms with Crippen molar-refractivity contribution in [3.8, 4) is 11.1 Å². The lowest BCUT2D eigenvalue weighted by Gasteiger charge is -2.28. The number of carbonyl (C=O) groups is 1. The summed E-state index contributed by atoms with van der Waals surface area (Å²) in [5.74, 6) is 0. The van der Waals surface area contributed by atoms with Gasteiger partial charge in [0, 0.05) is 11.8 Å². The first-order chi connectivity index (χ1) is 9.33. The van der Waals surface area contributed by atoms with Gasteiger partial charge in [-0.15, -0.1) is 6.58 Å². The number of carbonyl (C=O) groups excluding carboxylic acids is 1. The molecule has 0 aliphatic heterocycles. The van der Waals surface area contributed by atoms with Crippen LogP contribution in [0.4, 0.5) is 0 Å². The van der Waals surface area contributed by atoms with Crippen LogP contribution >= 0.6 is 0 Å². The highest BCUT2D eigenvalue weighted by Gasteiger charge is 2.41. The number of aldehydes is 1. The van der Waals surface area contributed by atoms with E-state index in [9.17, 15) is 4.79 Å². The third kappa shape index (κ3) is 1.58. The lowest BCUT2D eigenvalue weighted by Crippen LogP contribution is -2.25. The van der Waals surface area contributed by atoms with Crippen molar-refractivity contribution in [2.45, 2.75) is 18.3 Å². The predicted octanol–water partition coefficient (Wildman–Crippen LogP) is 4.12. The summed E-state index contributed by atoms with van der Waals surface area (Å²) in [6.07, 6.45) is 4.25. The molecule has 0 spiro atoms. The fourth-order valence-corrected chi connectivity index (χ4v) is 3.33. The topological polar surface area (TPSA) is 17.1 Å². The zero-order valence-corrected chi connectivity index (χ0v) is 10.8. The average molecular weight is 248 g/mol. The molecule has 19 heavy (non-hydrogen) atoms. The molecule has 0 radical (unpaired) electrons. The molecular weight excluding hydrogens is 232 g/mol. The number of benzene rings is 2. The first-order valence-electron chi connectivity index (χ1n) is 6.57. The van der Waals surface area contributed by atoms with Gasteiger partial charge in [-0.2, -0.15) is 0 Å². The molecule has 3 rings (SSSR count). The van der Waals surface area contributed by atoms with Crippen LogP contribution in [0.3, 0.4) is 0 Å². The summed E-state index contributed by atoms with van der Waals surface area (Å²) in [4.78, 5) is 11.2. The monoisotopic (exact) mass is 248 g/mol. The van der Waals surface area contributed by atoms with Gasteiger partial charge in [0.15, 0.2) is 0 Å². The van der Waals surface area contributed by atoms with Crippen molar-refractivity contribution in [2.24, 2.45) is 0 Å². The molecule has 1 nitrogen and oxygen atoms in total. The van der Waals surface area contributed by atoms with Crippen LogP contribution in [0.2, 0.25) is 0 Å². The first kappa shape index (κ1) is 11.9. The van der Waals surface area contributed by atoms with E-state index >= 15 is 0 Å². The van der Waals surface area contributed by atoms with Gasteiger partial charge in [0.25, 0.3) is 0 Å². The second-order valence-electron chi connectivity index (χ2n) is 5.04. The van der Waals surface area contributed by atoms with Crippen LogP contribution in [0.1, 0.15) is 24.0 Å². The fraction of sp³-hybridized carbons (Fsp3) is 0.167. The van der Waals surface area contributed by atoms with Crippen molar-refractivity contribution in [2.75, 3.05) is 0 Å². The van der Waals surface area contributed by atoms with E-state index in [2.05, 4.69) is 43.0 Å². The van der Waals surface area contributed by atoms with E-state index in [0.29, 0.717) is 6.42 Å². The molecule has 0 atom stereocenters. The van der Waals surface area contributed by atoms with Crippen LogP contribution < -0.4 is 0 Å². The van der Waals surface area contributed by atoms with Crippen LogP contribution in [0.15, 0.2) is 61.2 Å². The highest BCUT2D eigenvalue weighted by atomic mass is 16.1. The summed E-state index contributed by atoms with van der Waals surface area (Å²) in [5, 5.41) is 0. The molecule has 0 bridgehead atoms. The predicted molar refractivity (Wildman–Crippen MR) is 78.2 cm³/mol. The Morgan fingerprint density at radius 1 is 0.895 bits per heavy atom. The van der Waals surface area contributed by atoms with Crippen molar-refractivity contribution in [1.82, 2.24) is 0 Å². The quantitative estimate of drug-likeness (QED) is 0.587. The molecule has 94 valence electrons. The first-order valence-corrected chi connectivity index (χ1v) is 6.57. The van der Waals surface area contributed by atoms with E-state index in [-0.39, 0.29) is 5.41 Å². The Hall–Kier alpha value is -2.15. The standard InChI is InChI=1S/C18H16O/c1-2-11-18(12-13-19)16-9-5-3-7-14(16)15-8-4-6-10-17(15)18/h2-10,13H,1,11-12H2. The zero-order valence-electron chi connectivity index (χ0n) is 10.8. The Morgan fingerprint density at radius 3 is 1.89 bits per heavy atom. The van der Waals surface area contributed by atoms with Gasteiger partial charge in [0.05, 0.1) is 0 Å². The number of hydrogen-bond donors (Lipinski definition) is 0. The SMILES string of the molecule is C=CCC1(CC=O)c2ccccc2-c2ccccc21. The van der Waals surface area contributed by atoms with Crippen LogP contribution in [0.5, 0.6) is 0 Å². The lowest BCUT2D eigenvalue weighted by molar-refractivity contribution is -0.108. The van der Waals surface area contributed by atoms with Crippen molar-refractivity contribution in [3.05, 3.63) is 72.3 Å². The van der Waals surface area contributed by atoms with Crippen molar-refractivity contribution < 1.29 is 4.79 Å². The van der Waals surface area contributed by atoms with E-state index in [1.807, 2.05) is 18.2 Å². The molecule has 1 heteroatoms. The smallest absolute Gasteiger partial charge is 0.121 e. The molecule has 0 saturated heterocycles. The molecule has 2 aromatic rings. The Bertz CT molecular complexity index is 582. The van der Waals surface area contributed by atoms with Crippen molar-refractivity contribution in [3.63, 3.8) is 0 Å². The van der Waals surface area contributed by atoms with Gasteiger partial charge in [-0.3, -0.25) is 0 Å². The summed E-state index contributed by atoms with van der Waals surface area (Å²) in [7, 11) is 0. The molecule has 0 heterocycles. The van der Waals surface area contributed by atoms with Gasteiger partial charge < -0.3 is 4.79 Å². The largest absolute Gasteiger partial charge is 0.303 e. The van der Waals surface area contributed by atoms with Crippen LogP contribution in [0, 0.1) is 0 Å². The maximum absolute atomic E-state index is 11.2. The normalized spacial score (nSPS) is 14.5. The van der Waals surface area contributed by atoms with Crippen molar-refractivity contribution >= 4 is 6.29 Å². The third-order valence-electron chi connectivity index (χ3n) is 4.10. The Morgan fingerprint density at radius 2 is 1.42 bits per heavy atom. The maximum Gasteiger partial charge on any atom is 0.121 e. The van der Waals surface area contributed by atoms with Crippen LogP contribution in [0.25, 0.3) is 11.1 Å². The summed E-state index contributed by atoms with van der Waals surface area (Å²) in [6.45, 7) is 3.88. The fourth-order valence-electron chi connectivity index (χ4n) is 3.33. The minimum atomic E-state index is -0.226. The number of rotatable bonds is 4. The lowest BCUT2D eigenvalue weighted by atomic mass is 9.73. The van der Waals surface area contributed by atoms with E-state index < -0.39 is 0 Å². The molecule has 1 aliphatic rings. The Kier molecular flexibility index (Phi) is 2.83.